The Balaban J connectivity index is 1.68. The van der Waals surface area contributed by atoms with E-state index in [0.29, 0.717) is 58.2 Å². The Labute approximate surface area is 228 Å². The molecule has 0 aliphatic rings. The van der Waals surface area contributed by atoms with Crippen molar-refractivity contribution in [2.24, 2.45) is 0 Å². The van der Waals surface area contributed by atoms with Crippen LogP contribution in [0.1, 0.15) is 16.7 Å². The first kappa shape index (κ1) is 27.4. The molecule has 0 bridgehead atoms. The molecule has 0 aliphatic heterocycles. The molecule has 0 radical (unpaired) electrons. The van der Waals surface area contributed by atoms with Gasteiger partial charge in [0.2, 0.25) is 5.91 Å². The van der Waals surface area contributed by atoms with Crippen LogP contribution in [0.4, 0.5) is 11.4 Å². The second-order valence-corrected chi connectivity index (χ2v) is 9.04. The van der Waals surface area contributed by atoms with Gasteiger partial charge in [0.05, 0.1) is 34.9 Å². The van der Waals surface area contributed by atoms with Gasteiger partial charge in [-0.2, -0.15) is 0 Å². The Hall–Kier alpha value is -4.59. The average Bonchev–Trinajstić information content (AvgIpc) is 2.96. The van der Waals surface area contributed by atoms with Gasteiger partial charge in [0.15, 0.2) is 23.0 Å². The van der Waals surface area contributed by atoms with Gasteiger partial charge in [0.1, 0.15) is 5.75 Å². The van der Waals surface area contributed by atoms with Crippen LogP contribution < -0.4 is 29.6 Å². The number of nitrogens with one attached hydrogen (secondary N) is 2. The molecule has 0 unspecified atom stereocenters. The van der Waals surface area contributed by atoms with Crippen molar-refractivity contribution in [1.29, 1.82) is 0 Å². The molecule has 4 rings (SSSR count). The van der Waals surface area contributed by atoms with Crippen molar-refractivity contribution in [2.75, 3.05) is 45.6 Å². The van der Waals surface area contributed by atoms with Crippen molar-refractivity contribution in [2.45, 2.75) is 19.8 Å². The first-order valence-electron chi connectivity index (χ1n) is 12.6. The fraction of sp³-hybridized carbons (Fsp3) is 0.258. The molecule has 0 saturated carbocycles. The summed E-state index contributed by atoms with van der Waals surface area (Å²) >= 11 is 0. The quantitative estimate of drug-likeness (QED) is 0.228. The lowest BCUT2D eigenvalue weighted by Gasteiger charge is -2.20. The smallest absolute Gasteiger partial charge is 0.228 e. The molecular weight excluding hydrogens is 496 g/mol. The number of phenolic OH excluding ortho intramolecular Hbond substituents is 1. The maximum absolute atomic E-state index is 13.0. The van der Waals surface area contributed by atoms with Crippen LogP contribution in [0.5, 0.6) is 28.7 Å². The minimum Gasteiger partial charge on any atom is -0.507 e. The first-order valence-corrected chi connectivity index (χ1v) is 12.6. The molecule has 8 heteroatoms. The lowest BCUT2D eigenvalue weighted by molar-refractivity contribution is -0.115. The summed E-state index contributed by atoms with van der Waals surface area (Å²) in [5.41, 5.74) is 3.68. The Morgan fingerprint density at radius 1 is 0.795 bits per heavy atom. The van der Waals surface area contributed by atoms with Crippen LogP contribution in [-0.4, -0.2) is 46.0 Å². The number of hydrogen-bond acceptors (Lipinski definition) is 7. The number of hydrogen-bond donors (Lipinski definition) is 3. The zero-order chi connectivity index (χ0) is 27.9. The van der Waals surface area contributed by atoms with Crippen molar-refractivity contribution in [3.05, 3.63) is 77.4 Å². The summed E-state index contributed by atoms with van der Waals surface area (Å²) in [6, 6.07) is 18.7. The number of carbonyl (C=O) groups excluding carboxylic acids is 1. The predicted molar refractivity (Wildman–Crippen MR) is 154 cm³/mol. The minimum absolute atomic E-state index is 0.0144. The standard InChI is InChI=1S/C31H34N2O6/c1-19-30(32-14-13-20-11-12-25(36-2)26(15-20)37-3)23-17-28(39-5)27(38-4)16-22(23)24(31(19)35)18-29(34)33-21-9-7-6-8-10-21/h6-12,15-17,32,35H,13-14,18H2,1-5H3,(H,33,34). The van der Waals surface area contributed by atoms with E-state index in [1.54, 1.807) is 34.5 Å². The van der Waals surface area contributed by atoms with E-state index in [1.807, 2.05) is 61.5 Å². The fourth-order valence-corrected chi connectivity index (χ4v) is 4.67. The van der Waals surface area contributed by atoms with E-state index >= 15 is 0 Å². The molecular formula is C31H34N2O6. The highest BCUT2D eigenvalue weighted by atomic mass is 16.5. The number of para-hydroxylation sites is 1. The van der Waals surface area contributed by atoms with Crippen LogP contribution >= 0.6 is 0 Å². The molecule has 4 aromatic rings. The molecule has 8 nitrogen and oxygen atoms in total. The number of carbonyl (C=O) groups is 1. The van der Waals surface area contributed by atoms with Gasteiger partial charge in [-0.3, -0.25) is 4.79 Å². The lowest BCUT2D eigenvalue weighted by atomic mass is 9.94. The molecule has 0 aliphatic carbocycles. The van der Waals surface area contributed by atoms with Gasteiger partial charge in [-0.1, -0.05) is 24.3 Å². The van der Waals surface area contributed by atoms with Gasteiger partial charge in [-0.05, 0) is 60.7 Å². The highest BCUT2D eigenvalue weighted by molar-refractivity contribution is 6.04. The van der Waals surface area contributed by atoms with Crippen LogP contribution in [0.15, 0.2) is 60.7 Å². The second-order valence-electron chi connectivity index (χ2n) is 9.04. The predicted octanol–water partition coefficient (Wildman–Crippen LogP) is 5.72. The summed E-state index contributed by atoms with van der Waals surface area (Å²) < 4.78 is 21.9. The maximum atomic E-state index is 13.0. The monoisotopic (exact) mass is 530 g/mol. The van der Waals surface area contributed by atoms with E-state index in [0.717, 1.165) is 16.6 Å². The summed E-state index contributed by atoms with van der Waals surface area (Å²) in [7, 11) is 6.36. The largest absolute Gasteiger partial charge is 0.507 e. The molecule has 3 N–H and O–H groups in total. The second kappa shape index (κ2) is 12.3. The number of aromatic hydroxyl groups is 1. The number of anilines is 2. The van der Waals surface area contributed by atoms with Gasteiger partial charge >= 0.3 is 0 Å². The summed E-state index contributed by atoms with van der Waals surface area (Å²) in [6.07, 6.45) is 0.691. The first-order chi connectivity index (χ1) is 18.9. The van der Waals surface area contributed by atoms with Crippen molar-refractivity contribution in [3.63, 3.8) is 0 Å². The molecule has 0 saturated heterocycles. The van der Waals surface area contributed by atoms with E-state index in [2.05, 4.69) is 10.6 Å². The summed E-state index contributed by atoms with van der Waals surface area (Å²) in [5.74, 6) is 2.23. The van der Waals surface area contributed by atoms with Gasteiger partial charge in [-0.25, -0.2) is 0 Å². The van der Waals surface area contributed by atoms with Crippen LogP contribution in [-0.2, 0) is 17.6 Å². The third-order valence-corrected chi connectivity index (χ3v) is 6.69. The van der Waals surface area contributed by atoms with Crippen molar-refractivity contribution in [3.8, 4) is 28.7 Å². The molecule has 1 amide bonds. The van der Waals surface area contributed by atoms with Gasteiger partial charge in [0.25, 0.3) is 0 Å². The Morgan fingerprint density at radius 2 is 1.41 bits per heavy atom. The summed E-state index contributed by atoms with van der Waals surface area (Å²) in [4.78, 5) is 13.0. The van der Waals surface area contributed by atoms with E-state index in [9.17, 15) is 9.90 Å². The number of phenols is 1. The number of amides is 1. The van der Waals surface area contributed by atoms with Gasteiger partial charge < -0.3 is 34.7 Å². The Bertz CT molecular complexity index is 1470. The van der Waals surface area contributed by atoms with Crippen LogP contribution in [0.3, 0.4) is 0 Å². The van der Waals surface area contributed by atoms with Crippen molar-refractivity contribution >= 4 is 28.1 Å². The fourth-order valence-electron chi connectivity index (χ4n) is 4.67. The Kier molecular flexibility index (Phi) is 8.66. The van der Waals surface area contributed by atoms with Crippen LogP contribution in [0.2, 0.25) is 0 Å². The summed E-state index contributed by atoms with van der Waals surface area (Å²) in [6.45, 7) is 2.43. The SMILES string of the molecule is COc1ccc(CCNc2c(C)c(O)c(CC(=O)Nc3ccccc3)c3cc(OC)c(OC)cc23)cc1OC. The normalized spacial score (nSPS) is 10.7. The molecule has 4 aromatic carbocycles. The van der Waals surface area contributed by atoms with E-state index < -0.39 is 0 Å². The molecule has 0 aromatic heterocycles. The highest BCUT2D eigenvalue weighted by Gasteiger charge is 2.21. The van der Waals surface area contributed by atoms with Crippen LogP contribution in [0.25, 0.3) is 10.8 Å². The number of rotatable bonds is 11. The molecule has 0 atom stereocenters. The van der Waals surface area contributed by atoms with E-state index in [1.165, 1.54) is 0 Å². The third-order valence-electron chi connectivity index (χ3n) is 6.69. The van der Waals surface area contributed by atoms with Crippen LogP contribution in [0, 0.1) is 6.92 Å². The minimum atomic E-state index is -0.235. The topological polar surface area (TPSA) is 98.3 Å². The van der Waals surface area contributed by atoms with Crippen molar-refractivity contribution < 1.29 is 28.8 Å². The average molecular weight is 531 g/mol. The van der Waals surface area contributed by atoms with Gasteiger partial charge in [-0.15, -0.1) is 0 Å². The highest BCUT2D eigenvalue weighted by Crippen LogP contribution is 2.43. The maximum Gasteiger partial charge on any atom is 0.228 e. The summed E-state index contributed by atoms with van der Waals surface area (Å²) in [5, 5.41) is 19.2. The van der Waals surface area contributed by atoms with Crippen molar-refractivity contribution in [1.82, 2.24) is 0 Å². The zero-order valence-electron chi connectivity index (χ0n) is 22.9. The number of benzene rings is 4. The molecule has 39 heavy (non-hydrogen) atoms. The number of ether oxygens (including phenoxy) is 4. The third kappa shape index (κ3) is 5.95. The number of methoxy groups -OCH3 is 4. The van der Waals surface area contributed by atoms with E-state index in [4.69, 9.17) is 18.9 Å². The van der Waals surface area contributed by atoms with E-state index in [-0.39, 0.29) is 18.1 Å². The van der Waals surface area contributed by atoms with Gasteiger partial charge in [0, 0.05) is 34.4 Å². The molecule has 0 spiro atoms. The molecule has 204 valence electrons. The lowest BCUT2D eigenvalue weighted by Crippen LogP contribution is -2.15. The number of fused-ring (bicyclic) bond motifs is 1. The molecule has 0 heterocycles. The molecule has 0 fully saturated rings. The Morgan fingerprint density at radius 3 is 2.05 bits per heavy atom. The zero-order valence-corrected chi connectivity index (χ0v) is 22.9.